The number of aromatic nitrogens is 1. The Labute approximate surface area is 106 Å². The summed E-state index contributed by atoms with van der Waals surface area (Å²) < 4.78 is 5.55. The summed E-state index contributed by atoms with van der Waals surface area (Å²) in [7, 11) is 1.98. The molecule has 2 rings (SSSR count). The van der Waals surface area contributed by atoms with Gasteiger partial charge in [-0.1, -0.05) is 6.07 Å². The van der Waals surface area contributed by atoms with E-state index in [0.29, 0.717) is 12.4 Å². The fourth-order valence-electron chi connectivity index (χ4n) is 1.76. The Morgan fingerprint density at radius 1 is 1.35 bits per heavy atom. The third-order valence-corrected chi connectivity index (χ3v) is 2.85. The molecule has 2 aromatic rings. The third-order valence-electron chi connectivity index (χ3n) is 2.56. The van der Waals surface area contributed by atoms with Crippen molar-refractivity contribution in [3.05, 3.63) is 47.5 Å². The summed E-state index contributed by atoms with van der Waals surface area (Å²) in [5.74, 6) is 3.21. The van der Waals surface area contributed by atoms with Crippen LogP contribution in [-0.4, -0.2) is 12.0 Å². The zero-order chi connectivity index (χ0) is 12.3. The molecule has 0 fully saturated rings. The maximum atomic E-state index is 5.89. The van der Waals surface area contributed by atoms with Gasteiger partial charge in [0, 0.05) is 18.8 Å². The van der Waals surface area contributed by atoms with Crippen LogP contribution >= 0.6 is 11.6 Å². The smallest absolute Gasteiger partial charge is 0.133 e. The molecule has 0 bridgehead atoms. The van der Waals surface area contributed by atoms with Crippen molar-refractivity contribution in [2.45, 2.75) is 19.3 Å². The van der Waals surface area contributed by atoms with Crippen LogP contribution in [0.4, 0.5) is 5.82 Å². The summed E-state index contributed by atoms with van der Waals surface area (Å²) in [4.78, 5) is 6.39. The number of aryl methyl sites for hydroxylation is 1. The second kappa shape index (κ2) is 5.23. The van der Waals surface area contributed by atoms with Gasteiger partial charge in [0.2, 0.25) is 0 Å². The Bertz CT molecular complexity index is 496. The van der Waals surface area contributed by atoms with Gasteiger partial charge in [-0.15, -0.1) is 11.6 Å². The third kappa shape index (κ3) is 2.80. The zero-order valence-corrected chi connectivity index (χ0v) is 10.7. The molecule has 0 saturated heterocycles. The highest BCUT2D eigenvalue weighted by Gasteiger charge is 2.10. The highest BCUT2D eigenvalue weighted by atomic mass is 35.5. The first-order chi connectivity index (χ1) is 8.20. The number of furan rings is 1. The van der Waals surface area contributed by atoms with Crippen LogP contribution in [0.2, 0.25) is 0 Å². The van der Waals surface area contributed by atoms with Crippen molar-refractivity contribution in [2.24, 2.45) is 0 Å². The molecule has 0 spiro atoms. The summed E-state index contributed by atoms with van der Waals surface area (Å²) in [5.41, 5.74) is 1.03. The molecule has 0 aliphatic carbocycles. The number of pyridine rings is 1. The van der Waals surface area contributed by atoms with Gasteiger partial charge in [0.05, 0.1) is 12.4 Å². The second-order valence-electron chi connectivity index (χ2n) is 3.99. The average Bonchev–Trinajstić information content (AvgIpc) is 2.74. The van der Waals surface area contributed by atoms with E-state index in [9.17, 15) is 0 Å². The lowest BCUT2D eigenvalue weighted by atomic mass is 10.2. The van der Waals surface area contributed by atoms with Crippen LogP contribution in [0.1, 0.15) is 17.1 Å². The summed E-state index contributed by atoms with van der Waals surface area (Å²) in [5, 5.41) is 0. The first kappa shape index (κ1) is 12.0. The predicted octanol–water partition coefficient (Wildman–Crippen LogP) is 3.36. The molecule has 2 heterocycles. The quantitative estimate of drug-likeness (QED) is 0.780. The SMILES string of the molecule is Cc1ccc(CN(C)c2ncccc2CCl)o1. The minimum absolute atomic E-state index is 0.463. The summed E-state index contributed by atoms with van der Waals surface area (Å²) in [6.07, 6.45) is 1.77. The molecule has 0 unspecified atom stereocenters. The highest BCUT2D eigenvalue weighted by molar-refractivity contribution is 6.17. The van der Waals surface area contributed by atoms with Gasteiger partial charge in [0.25, 0.3) is 0 Å². The molecule has 0 saturated carbocycles. The standard InChI is InChI=1S/C13H15ClN2O/c1-10-5-6-12(17-10)9-16(2)13-11(8-14)4-3-7-15-13/h3-7H,8-9H2,1-2H3. The van der Waals surface area contributed by atoms with Gasteiger partial charge in [0.15, 0.2) is 0 Å². The van der Waals surface area contributed by atoms with Gasteiger partial charge in [-0.25, -0.2) is 4.98 Å². The Morgan fingerprint density at radius 3 is 2.82 bits per heavy atom. The maximum absolute atomic E-state index is 5.89. The van der Waals surface area contributed by atoms with Crippen LogP contribution in [0.5, 0.6) is 0 Å². The van der Waals surface area contributed by atoms with E-state index in [1.807, 2.05) is 43.1 Å². The molecule has 0 atom stereocenters. The van der Waals surface area contributed by atoms with Gasteiger partial charge in [-0.05, 0) is 25.1 Å². The first-order valence-corrected chi connectivity index (χ1v) is 6.00. The lowest BCUT2D eigenvalue weighted by Crippen LogP contribution is -2.18. The summed E-state index contributed by atoms with van der Waals surface area (Å²) in [6.45, 7) is 2.63. The molecule has 0 aliphatic rings. The van der Waals surface area contributed by atoms with Crippen molar-refractivity contribution in [3.8, 4) is 0 Å². The van der Waals surface area contributed by atoms with Crippen LogP contribution < -0.4 is 4.90 Å². The van der Waals surface area contributed by atoms with E-state index in [1.165, 1.54) is 0 Å². The van der Waals surface area contributed by atoms with E-state index in [1.54, 1.807) is 6.20 Å². The van der Waals surface area contributed by atoms with Crippen LogP contribution in [0.15, 0.2) is 34.9 Å². The topological polar surface area (TPSA) is 29.3 Å². The molecule has 0 N–H and O–H groups in total. The van der Waals surface area contributed by atoms with Crippen molar-refractivity contribution in [1.82, 2.24) is 4.98 Å². The van der Waals surface area contributed by atoms with Gasteiger partial charge >= 0.3 is 0 Å². The molecule has 4 heteroatoms. The van der Waals surface area contributed by atoms with Crippen molar-refractivity contribution < 1.29 is 4.42 Å². The number of hydrogen-bond acceptors (Lipinski definition) is 3. The molecule has 0 amide bonds. The van der Waals surface area contributed by atoms with Gasteiger partial charge in [-0.3, -0.25) is 0 Å². The number of nitrogens with zero attached hydrogens (tertiary/aromatic N) is 2. The van der Waals surface area contributed by atoms with Crippen molar-refractivity contribution >= 4 is 17.4 Å². The van der Waals surface area contributed by atoms with Gasteiger partial charge in [0.1, 0.15) is 17.3 Å². The fourth-order valence-corrected chi connectivity index (χ4v) is 1.97. The Balaban J connectivity index is 2.16. The zero-order valence-electron chi connectivity index (χ0n) is 9.98. The number of hydrogen-bond donors (Lipinski definition) is 0. The predicted molar refractivity (Wildman–Crippen MR) is 69.3 cm³/mol. The summed E-state index contributed by atoms with van der Waals surface area (Å²) in [6, 6.07) is 7.82. The van der Waals surface area contributed by atoms with E-state index in [-0.39, 0.29) is 0 Å². The lowest BCUT2D eigenvalue weighted by molar-refractivity contribution is 0.481. The second-order valence-corrected chi connectivity index (χ2v) is 4.26. The molecular formula is C13H15ClN2O. The Morgan fingerprint density at radius 2 is 2.18 bits per heavy atom. The van der Waals surface area contributed by atoms with E-state index < -0.39 is 0 Å². The molecule has 3 nitrogen and oxygen atoms in total. The van der Waals surface area contributed by atoms with Crippen LogP contribution in [0.25, 0.3) is 0 Å². The largest absolute Gasteiger partial charge is 0.464 e. The number of halogens is 1. The first-order valence-electron chi connectivity index (χ1n) is 5.47. The van der Waals surface area contributed by atoms with E-state index in [2.05, 4.69) is 4.98 Å². The molecular weight excluding hydrogens is 236 g/mol. The van der Waals surface area contributed by atoms with Gasteiger partial charge < -0.3 is 9.32 Å². The number of alkyl halides is 1. The maximum Gasteiger partial charge on any atom is 0.133 e. The molecule has 0 radical (unpaired) electrons. The monoisotopic (exact) mass is 250 g/mol. The number of anilines is 1. The van der Waals surface area contributed by atoms with E-state index in [0.717, 1.165) is 22.9 Å². The Kier molecular flexibility index (Phi) is 3.69. The molecule has 90 valence electrons. The van der Waals surface area contributed by atoms with Crippen LogP contribution in [-0.2, 0) is 12.4 Å². The Hall–Kier alpha value is -1.48. The molecule has 17 heavy (non-hydrogen) atoms. The normalized spacial score (nSPS) is 10.5. The minimum atomic E-state index is 0.463. The average molecular weight is 251 g/mol. The fraction of sp³-hybridized carbons (Fsp3) is 0.308. The number of rotatable bonds is 4. The van der Waals surface area contributed by atoms with Crippen molar-refractivity contribution in [3.63, 3.8) is 0 Å². The minimum Gasteiger partial charge on any atom is -0.464 e. The lowest BCUT2D eigenvalue weighted by Gasteiger charge is -2.19. The van der Waals surface area contributed by atoms with Crippen molar-refractivity contribution in [2.75, 3.05) is 11.9 Å². The molecule has 0 aliphatic heterocycles. The van der Waals surface area contributed by atoms with E-state index in [4.69, 9.17) is 16.0 Å². The molecule has 0 aromatic carbocycles. The van der Waals surface area contributed by atoms with Crippen molar-refractivity contribution in [1.29, 1.82) is 0 Å². The van der Waals surface area contributed by atoms with Crippen LogP contribution in [0, 0.1) is 6.92 Å². The van der Waals surface area contributed by atoms with E-state index >= 15 is 0 Å². The highest BCUT2D eigenvalue weighted by Crippen LogP contribution is 2.20. The summed E-state index contributed by atoms with van der Waals surface area (Å²) >= 11 is 5.89. The molecule has 2 aromatic heterocycles. The van der Waals surface area contributed by atoms with Crippen LogP contribution in [0.3, 0.4) is 0 Å². The van der Waals surface area contributed by atoms with Gasteiger partial charge in [-0.2, -0.15) is 0 Å².